The quantitative estimate of drug-likeness (QED) is 0.552. The van der Waals surface area contributed by atoms with Gasteiger partial charge in [0.25, 0.3) is 0 Å². The summed E-state index contributed by atoms with van der Waals surface area (Å²) in [7, 11) is 0. The summed E-state index contributed by atoms with van der Waals surface area (Å²) in [5, 5.41) is 5.48. The lowest BCUT2D eigenvalue weighted by molar-refractivity contribution is -0.0314. The second-order valence-electron chi connectivity index (χ2n) is 8.27. The Morgan fingerprint density at radius 3 is 1.74 bits per heavy atom. The van der Waals surface area contributed by atoms with Gasteiger partial charge in [0.05, 0.1) is 0 Å². The molecule has 31 heavy (non-hydrogen) atoms. The number of anilines is 2. The van der Waals surface area contributed by atoms with Crippen LogP contribution >= 0.6 is 0 Å². The predicted molar refractivity (Wildman–Crippen MR) is 122 cm³/mol. The van der Waals surface area contributed by atoms with Crippen LogP contribution < -0.4 is 10.6 Å². The molecule has 0 spiro atoms. The molecule has 2 N–H and O–H groups in total. The number of amides is 2. The van der Waals surface area contributed by atoms with Crippen LogP contribution in [0.3, 0.4) is 0 Å². The van der Waals surface area contributed by atoms with E-state index in [1.54, 1.807) is 24.3 Å². The molecule has 0 aromatic heterocycles. The van der Waals surface area contributed by atoms with Gasteiger partial charge in [-0.2, -0.15) is 0 Å². The lowest BCUT2D eigenvalue weighted by atomic mass is 9.63. The molecule has 0 saturated carbocycles. The highest BCUT2D eigenvalue weighted by Gasteiger charge is 2.45. The topological polar surface area (TPSA) is 76.7 Å². The van der Waals surface area contributed by atoms with Crippen molar-refractivity contribution in [1.29, 1.82) is 0 Å². The fourth-order valence-electron chi connectivity index (χ4n) is 4.14. The van der Waals surface area contributed by atoms with Gasteiger partial charge in [0, 0.05) is 16.8 Å². The van der Waals surface area contributed by atoms with Gasteiger partial charge in [-0.05, 0) is 49.4 Å². The van der Waals surface area contributed by atoms with Crippen molar-refractivity contribution < 1.29 is 19.1 Å². The number of carbonyl (C=O) groups is 2. The molecule has 164 valence electrons. The smallest absolute Gasteiger partial charge is 0.411 e. The molecular weight excluding hydrogens is 392 g/mol. The molecule has 2 amide bonds. The largest absolute Gasteiger partial charge is 0.449 e. The number of benzene rings is 2. The Hall–Kier alpha value is -3.28. The lowest BCUT2D eigenvalue weighted by Crippen LogP contribution is -2.47. The normalized spacial score (nSPS) is 19.6. The molecule has 2 aromatic carbocycles. The first kappa shape index (κ1) is 22.4. The number of hydrogen-bond donors (Lipinski definition) is 2. The maximum Gasteiger partial charge on any atom is 0.411 e. The van der Waals surface area contributed by atoms with Crippen molar-refractivity contribution in [2.24, 2.45) is 17.3 Å². The van der Waals surface area contributed by atoms with Crippen molar-refractivity contribution in [3.63, 3.8) is 0 Å². The number of para-hydroxylation sites is 2. The van der Waals surface area contributed by atoms with E-state index in [2.05, 4.69) is 37.5 Å². The van der Waals surface area contributed by atoms with Crippen LogP contribution in [0.4, 0.5) is 21.0 Å². The number of nitrogens with one attached hydrogen (secondary N) is 2. The van der Waals surface area contributed by atoms with Crippen LogP contribution in [0.25, 0.3) is 0 Å². The first-order valence-corrected chi connectivity index (χ1v) is 10.5. The molecule has 0 bridgehead atoms. The zero-order valence-corrected chi connectivity index (χ0v) is 18.3. The van der Waals surface area contributed by atoms with E-state index in [0.29, 0.717) is 11.4 Å². The zero-order chi connectivity index (χ0) is 22.3. The summed E-state index contributed by atoms with van der Waals surface area (Å²) >= 11 is 0. The average Bonchev–Trinajstić information content (AvgIpc) is 2.74. The van der Waals surface area contributed by atoms with Gasteiger partial charge in [-0.15, -0.1) is 0 Å². The first-order chi connectivity index (χ1) is 14.9. The molecule has 0 fully saturated rings. The third kappa shape index (κ3) is 5.87. The highest BCUT2D eigenvalue weighted by atomic mass is 16.6. The highest BCUT2D eigenvalue weighted by molar-refractivity contribution is 5.85. The molecule has 6 nitrogen and oxygen atoms in total. The van der Waals surface area contributed by atoms with Crippen molar-refractivity contribution in [3.05, 3.63) is 72.3 Å². The Balaban J connectivity index is 1.67. The SMILES string of the molecule is CC1=CC(C)C(COC(=O)Nc2ccccc2)(COC(=O)Nc2ccccc2)C(C)C1. The first-order valence-electron chi connectivity index (χ1n) is 10.5. The molecule has 2 aromatic rings. The second kappa shape index (κ2) is 10.2. The van der Waals surface area contributed by atoms with Crippen LogP contribution in [0.1, 0.15) is 27.2 Å². The second-order valence-corrected chi connectivity index (χ2v) is 8.27. The van der Waals surface area contributed by atoms with Crippen LogP contribution in [0.5, 0.6) is 0 Å². The van der Waals surface area contributed by atoms with Gasteiger partial charge in [0.15, 0.2) is 0 Å². The van der Waals surface area contributed by atoms with E-state index in [1.165, 1.54) is 5.57 Å². The van der Waals surface area contributed by atoms with Crippen molar-refractivity contribution in [2.75, 3.05) is 23.8 Å². The van der Waals surface area contributed by atoms with E-state index >= 15 is 0 Å². The minimum Gasteiger partial charge on any atom is -0.449 e. The van der Waals surface area contributed by atoms with Gasteiger partial charge in [0.2, 0.25) is 0 Å². The number of carbonyl (C=O) groups excluding carboxylic acids is 2. The number of rotatable bonds is 6. The van der Waals surface area contributed by atoms with Gasteiger partial charge in [-0.1, -0.05) is 61.9 Å². The summed E-state index contributed by atoms with van der Waals surface area (Å²) < 4.78 is 11.2. The van der Waals surface area contributed by atoms with Crippen LogP contribution in [0.15, 0.2) is 72.3 Å². The third-order valence-electron chi connectivity index (χ3n) is 6.04. The number of ether oxygens (including phenoxy) is 2. The average molecular weight is 423 g/mol. The van der Waals surface area contributed by atoms with Crippen molar-refractivity contribution in [1.82, 2.24) is 0 Å². The fourth-order valence-corrected chi connectivity index (χ4v) is 4.14. The highest BCUT2D eigenvalue weighted by Crippen LogP contribution is 2.45. The van der Waals surface area contributed by atoms with E-state index in [1.807, 2.05) is 36.4 Å². The Kier molecular flexibility index (Phi) is 7.34. The van der Waals surface area contributed by atoms with E-state index < -0.39 is 17.6 Å². The molecule has 3 rings (SSSR count). The predicted octanol–water partition coefficient (Wildman–Crippen LogP) is 6.09. The van der Waals surface area contributed by atoms with Crippen LogP contribution in [-0.4, -0.2) is 25.4 Å². The van der Waals surface area contributed by atoms with Crippen LogP contribution in [-0.2, 0) is 9.47 Å². The molecule has 0 saturated heterocycles. The van der Waals surface area contributed by atoms with Gasteiger partial charge >= 0.3 is 12.2 Å². The Morgan fingerprint density at radius 2 is 1.32 bits per heavy atom. The molecule has 1 aliphatic carbocycles. The summed E-state index contributed by atoms with van der Waals surface area (Å²) in [6.45, 7) is 6.59. The molecular formula is C25H30N2O4. The van der Waals surface area contributed by atoms with Crippen LogP contribution in [0, 0.1) is 17.3 Å². The standard InChI is InChI=1S/C25H30N2O4/c1-18-14-19(2)25(20(3)15-18,16-30-23(28)26-21-10-6-4-7-11-21)17-31-24(29)27-22-12-8-5-9-13-22/h4-14,19-20H,15-17H2,1-3H3,(H,26,28)(H,27,29). The molecule has 2 atom stereocenters. The molecule has 0 radical (unpaired) electrons. The summed E-state index contributed by atoms with van der Waals surface area (Å²) in [6, 6.07) is 18.3. The van der Waals surface area contributed by atoms with Gasteiger partial charge in [0.1, 0.15) is 13.2 Å². The molecule has 0 heterocycles. The zero-order valence-electron chi connectivity index (χ0n) is 18.3. The number of allylic oxidation sites excluding steroid dienone is 2. The summed E-state index contributed by atoms with van der Waals surface area (Å²) in [4.78, 5) is 24.8. The van der Waals surface area contributed by atoms with Gasteiger partial charge in [-0.3, -0.25) is 10.6 Å². The maximum atomic E-state index is 12.4. The third-order valence-corrected chi connectivity index (χ3v) is 6.04. The van der Waals surface area contributed by atoms with Crippen molar-refractivity contribution >= 4 is 23.6 Å². The monoisotopic (exact) mass is 422 g/mol. The minimum absolute atomic E-state index is 0.0744. The van der Waals surface area contributed by atoms with Gasteiger partial charge in [-0.25, -0.2) is 9.59 Å². The Labute approximate surface area is 183 Å². The van der Waals surface area contributed by atoms with E-state index in [9.17, 15) is 9.59 Å². The summed E-state index contributed by atoms with van der Waals surface area (Å²) in [6.07, 6.45) is 1.99. The van der Waals surface area contributed by atoms with E-state index in [0.717, 1.165) is 6.42 Å². The molecule has 1 aliphatic rings. The maximum absolute atomic E-state index is 12.4. The number of hydrogen-bond acceptors (Lipinski definition) is 4. The Bertz CT molecular complexity index is 854. The summed E-state index contributed by atoms with van der Waals surface area (Å²) in [5.74, 6) is 0.242. The summed E-state index contributed by atoms with van der Waals surface area (Å²) in [5.41, 5.74) is 2.11. The van der Waals surface area contributed by atoms with Gasteiger partial charge < -0.3 is 9.47 Å². The minimum atomic E-state index is -0.523. The van der Waals surface area contributed by atoms with E-state index in [-0.39, 0.29) is 25.0 Å². The molecule has 0 aliphatic heterocycles. The van der Waals surface area contributed by atoms with E-state index in [4.69, 9.17) is 9.47 Å². The molecule has 6 heteroatoms. The van der Waals surface area contributed by atoms with Crippen molar-refractivity contribution in [2.45, 2.75) is 27.2 Å². The Morgan fingerprint density at radius 1 is 0.871 bits per heavy atom. The lowest BCUT2D eigenvalue weighted by Gasteiger charge is -2.44. The molecule has 2 unspecified atom stereocenters. The fraction of sp³-hybridized carbons (Fsp3) is 0.360. The van der Waals surface area contributed by atoms with Crippen LogP contribution in [0.2, 0.25) is 0 Å². The van der Waals surface area contributed by atoms with Crippen molar-refractivity contribution in [3.8, 4) is 0 Å².